The van der Waals surface area contributed by atoms with Crippen LogP contribution in [-0.2, 0) is 6.42 Å². The molecule has 0 bridgehead atoms. The van der Waals surface area contributed by atoms with Gasteiger partial charge in [-0.3, -0.25) is 0 Å². The van der Waals surface area contributed by atoms with Crippen molar-refractivity contribution in [2.45, 2.75) is 58.9 Å². The standard InChI is InChI=1S/C15H24ClN3/c1-4-14-18-13(16)9-15(19-14)17-12-8-6-5-7-11(12)10(2)3/h9-12H,4-8H2,1-3H3,(H,17,18,19). The third-order valence-electron chi connectivity index (χ3n) is 4.07. The molecule has 2 atom stereocenters. The molecule has 4 heteroatoms. The summed E-state index contributed by atoms with van der Waals surface area (Å²) in [6, 6.07) is 2.36. The molecule has 0 aromatic carbocycles. The lowest BCUT2D eigenvalue weighted by Crippen LogP contribution is -2.35. The van der Waals surface area contributed by atoms with E-state index in [9.17, 15) is 0 Å². The van der Waals surface area contributed by atoms with Crippen LogP contribution in [0.4, 0.5) is 5.82 Å². The van der Waals surface area contributed by atoms with E-state index >= 15 is 0 Å². The summed E-state index contributed by atoms with van der Waals surface area (Å²) in [6.45, 7) is 6.68. The van der Waals surface area contributed by atoms with Crippen molar-refractivity contribution in [1.29, 1.82) is 0 Å². The van der Waals surface area contributed by atoms with Crippen LogP contribution in [0.3, 0.4) is 0 Å². The van der Waals surface area contributed by atoms with Crippen molar-refractivity contribution in [3.63, 3.8) is 0 Å². The fraction of sp³-hybridized carbons (Fsp3) is 0.733. The van der Waals surface area contributed by atoms with Gasteiger partial charge in [-0.1, -0.05) is 45.2 Å². The highest BCUT2D eigenvalue weighted by Gasteiger charge is 2.27. The largest absolute Gasteiger partial charge is 0.367 e. The molecule has 0 spiro atoms. The van der Waals surface area contributed by atoms with Gasteiger partial charge < -0.3 is 5.32 Å². The van der Waals surface area contributed by atoms with Gasteiger partial charge >= 0.3 is 0 Å². The van der Waals surface area contributed by atoms with Crippen molar-refractivity contribution in [2.75, 3.05) is 5.32 Å². The van der Waals surface area contributed by atoms with Crippen LogP contribution in [0, 0.1) is 11.8 Å². The van der Waals surface area contributed by atoms with Gasteiger partial charge in [-0.15, -0.1) is 0 Å². The van der Waals surface area contributed by atoms with Gasteiger partial charge in [0.15, 0.2) is 0 Å². The van der Waals surface area contributed by atoms with Crippen LogP contribution in [0.2, 0.25) is 5.15 Å². The topological polar surface area (TPSA) is 37.8 Å². The third-order valence-corrected chi connectivity index (χ3v) is 4.26. The minimum atomic E-state index is 0.518. The molecule has 2 rings (SSSR count). The Morgan fingerprint density at radius 3 is 2.74 bits per heavy atom. The number of rotatable bonds is 4. The number of hydrogen-bond acceptors (Lipinski definition) is 3. The molecule has 0 saturated heterocycles. The number of hydrogen-bond donors (Lipinski definition) is 1. The third kappa shape index (κ3) is 3.82. The second kappa shape index (κ2) is 6.56. The average Bonchev–Trinajstić information content (AvgIpc) is 2.38. The zero-order valence-corrected chi connectivity index (χ0v) is 12.9. The minimum absolute atomic E-state index is 0.518. The SMILES string of the molecule is CCc1nc(Cl)cc(NC2CCCCC2C(C)C)n1. The van der Waals surface area contributed by atoms with Crippen molar-refractivity contribution >= 4 is 17.4 Å². The Morgan fingerprint density at radius 1 is 1.32 bits per heavy atom. The van der Waals surface area contributed by atoms with Crippen LogP contribution in [-0.4, -0.2) is 16.0 Å². The van der Waals surface area contributed by atoms with Gasteiger partial charge in [0.1, 0.15) is 16.8 Å². The maximum absolute atomic E-state index is 6.05. The predicted molar refractivity (Wildman–Crippen MR) is 80.6 cm³/mol. The van der Waals surface area contributed by atoms with Crippen molar-refractivity contribution in [2.24, 2.45) is 11.8 Å². The van der Waals surface area contributed by atoms with E-state index in [2.05, 4.69) is 29.1 Å². The van der Waals surface area contributed by atoms with E-state index in [-0.39, 0.29) is 0 Å². The van der Waals surface area contributed by atoms with Crippen LogP contribution >= 0.6 is 11.6 Å². The number of nitrogens with zero attached hydrogens (tertiary/aromatic N) is 2. The minimum Gasteiger partial charge on any atom is -0.367 e. The number of halogens is 1. The Bertz CT molecular complexity index is 420. The van der Waals surface area contributed by atoms with E-state index in [4.69, 9.17) is 11.6 Å². The van der Waals surface area contributed by atoms with Crippen LogP contribution in [0.15, 0.2) is 6.07 Å². The maximum Gasteiger partial charge on any atom is 0.134 e. The zero-order valence-electron chi connectivity index (χ0n) is 12.1. The highest BCUT2D eigenvalue weighted by atomic mass is 35.5. The Morgan fingerprint density at radius 2 is 2.05 bits per heavy atom. The molecule has 1 aliphatic carbocycles. The maximum atomic E-state index is 6.05. The summed E-state index contributed by atoms with van der Waals surface area (Å²) < 4.78 is 0. The molecule has 1 saturated carbocycles. The molecule has 19 heavy (non-hydrogen) atoms. The van der Waals surface area contributed by atoms with Crippen molar-refractivity contribution in [1.82, 2.24) is 9.97 Å². The van der Waals surface area contributed by atoms with Crippen molar-refractivity contribution < 1.29 is 0 Å². The molecular weight excluding hydrogens is 258 g/mol. The summed E-state index contributed by atoms with van der Waals surface area (Å²) in [5.41, 5.74) is 0. The smallest absolute Gasteiger partial charge is 0.134 e. The molecule has 3 nitrogen and oxygen atoms in total. The summed E-state index contributed by atoms with van der Waals surface area (Å²) in [6.07, 6.45) is 6.01. The number of aryl methyl sites for hydroxylation is 1. The van der Waals surface area contributed by atoms with Gasteiger partial charge in [0.2, 0.25) is 0 Å². The fourth-order valence-corrected chi connectivity index (χ4v) is 3.22. The molecule has 0 amide bonds. The number of nitrogens with one attached hydrogen (secondary N) is 1. The summed E-state index contributed by atoms with van der Waals surface area (Å²) in [5.74, 6) is 3.13. The van der Waals surface area contributed by atoms with E-state index in [0.29, 0.717) is 17.1 Å². The van der Waals surface area contributed by atoms with E-state index in [1.807, 2.05) is 13.0 Å². The van der Waals surface area contributed by atoms with Crippen LogP contribution in [0.25, 0.3) is 0 Å². The van der Waals surface area contributed by atoms with Gasteiger partial charge in [-0.05, 0) is 24.7 Å². The molecular formula is C15H24ClN3. The molecule has 0 aliphatic heterocycles. The summed E-state index contributed by atoms with van der Waals surface area (Å²) in [5, 5.41) is 4.13. The highest BCUT2D eigenvalue weighted by molar-refractivity contribution is 6.29. The van der Waals surface area contributed by atoms with Crippen LogP contribution < -0.4 is 5.32 Å². The predicted octanol–water partition coefficient (Wildman–Crippen LogP) is 4.32. The van der Waals surface area contributed by atoms with Gasteiger partial charge in [-0.25, -0.2) is 9.97 Å². The normalized spacial score (nSPS) is 23.6. The van der Waals surface area contributed by atoms with E-state index < -0.39 is 0 Å². The lowest BCUT2D eigenvalue weighted by Gasteiger charge is -2.35. The first-order chi connectivity index (χ1) is 9.10. The summed E-state index contributed by atoms with van der Waals surface area (Å²) in [4.78, 5) is 8.75. The van der Waals surface area contributed by atoms with Crippen LogP contribution in [0.5, 0.6) is 0 Å². The van der Waals surface area contributed by atoms with E-state index in [0.717, 1.165) is 24.0 Å². The van der Waals surface area contributed by atoms with Crippen molar-refractivity contribution in [3.05, 3.63) is 17.0 Å². The Labute approximate surface area is 121 Å². The quantitative estimate of drug-likeness (QED) is 0.835. The Kier molecular flexibility index (Phi) is 5.03. The zero-order chi connectivity index (χ0) is 13.8. The summed E-state index contributed by atoms with van der Waals surface area (Å²) in [7, 11) is 0. The Balaban J connectivity index is 2.12. The molecule has 1 heterocycles. The van der Waals surface area contributed by atoms with E-state index in [1.165, 1.54) is 25.7 Å². The molecule has 1 aromatic heterocycles. The second-order valence-electron chi connectivity index (χ2n) is 5.79. The Hall–Kier alpha value is -0.830. The first kappa shape index (κ1) is 14.6. The van der Waals surface area contributed by atoms with Gasteiger partial charge in [0, 0.05) is 18.5 Å². The highest BCUT2D eigenvalue weighted by Crippen LogP contribution is 2.32. The first-order valence-electron chi connectivity index (χ1n) is 7.40. The monoisotopic (exact) mass is 281 g/mol. The molecule has 2 unspecified atom stereocenters. The van der Waals surface area contributed by atoms with Crippen molar-refractivity contribution in [3.8, 4) is 0 Å². The molecule has 1 N–H and O–H groups in total. The lowest BCUT2D eigenvalue weighted by molar-refractivity contribution is 0.253. The molecule has 0 radical (unpaired) electrons. The molecule has 1 aromatic rings. The van der Waals surface area contributed by atoms with Gasteiger partial charge in [0.05, 0.1) is 0 Å². The molecule has 1 aliphatic rings. The summed E-state index contributed by atoms with van der Waals surface area (Å²) >= 11 is 6.05. The fourth-order valence-electron chi connectivity index (χ4n) is 3.02. The molecule has 1 fully saturated rings. The average molecular weight is 282 g/mol. The van der Waals surface area contributed by atoms with Gasteiger partial charge in [0.25, 0.3) is 0 Å². The number of anilines is 1. The molecule has 106 valence electrons. The lowest BCUT2D eigenvalue weighted by atomic mass is 9.78. The first-order valence-corrected chi connectivity index (χ1v) is 7.78. The second-order valence-corrected chi connectivity index (χ2v) is 6.18. The number of aromatic nitrogens is 2. The van der Waals surface area contributed by atoms with Gasteiger partial charge in [-0.2, -0.15) is 0 Å². The van der Waals surface area contributed by atoms with Crippen LogP contribution in [0.1, 0.15) is 52.3 Å². The van der Waals surface area contributed by atoms with E-state index in [1.54, 1.807) is 0 Å².